The van der Waals surface area contributed by atoms with Crippen LogP contribution in [0.3, 0.4) is 0 Å². The highest BCUT2D eigenvalue weighted by atomic mass is 32.1. The molecule has 0 fully saturated rings. The van der Waals surface area contributed by atoms with Crippen molar-refractivity contribution in [1.29, 1.82) is 5.26 Å². The molecule has 0 aliphatic rings. The maximum Gasteiger partial charge on any atom is 0.387 e. The lowest BCUT2D eigenvalue weighted by atomic mass is 9.87. The first-order chi connectivity index (χ1) is 16.4. The number of rotatable bonds is 6. The zero-order chi connectivity index (χ0) is 25.9. The topological polar surface area (TPSA) is 72.1 Å². The van der Waals surface area contributed by atoms with Crippen molar-refractivity contribution in [3.63, 3.8) is 0 Å². The molecule has 0 spiro atoms. The highest BCUT2D eigenvalue weighted by Gasteiger charge is 2.27. The number of aromatic nitrogens is 1. The minimum absolute atomic E-state index is 0.0834. The molecule has 0 saturated carbocycles. The molecule has 35 heavy (non-hydrogen) atoms. The lowest BCUT2D eigenvalue weighted by Gasteiger charge is -2.15. The van der Waals surface area contributed by atoms with Gasteiger partial charge in [-0.15, -0.1) is 11.3 Å². The summed E-state index contributed by atoms with van der Waals surface area (Å²) in [7, 11) is 0. The first-order valence-electron chi connectivity index (χ1n) is 11.0. The Hall–Kier alpha value is -3.57. The molecule has 0 saturated heterocycles. The quantitative estimate of drug-likeness (QED) is 0.494. The molecule has 2 aromatic carbocycles. The smallest absolute Gasteiger partial charge is 0.387 e. The average Bonchev–Trinajstić information content (AvgIpc) is 3.10. The molecule has 0 unspecified atom stereocenters. The zero-order valence-electron chi connectivity index (χ0n) is 20.1. The van der Waals surface area contributed by atoms with E-state index in [4.69, 9.17) is 0 Å². The highest BCUT2D eigenvalue weighted by molar-refractivity contribution is 7.07. The van der Waals surface area contributed by atoms with Gasteiger partial charge in [0.25, 0.3) is 5.56 Å². The summed E-state index contributed by atoms with van der Waals surface area (Å²) in [5.74, 6) is -0.205. The number of thiazole rings is 1. The molecule has 0 amide bonds. The number of para-hydroxylation sites is 1. The fourth-order valence-corrected chi connectivity index (χ4v) is 4.50. The van der Waals surface area contributed by atoms with E-state index in [0.29, 0.717) is 5.69 Å². The summed E-state index contributed by atoms with van der Waals surface area (Å²) in [4.78, 5) is 26.7. The molecular weight excluding hydrogens is 470 g/mol. The van der Waals surface area contributed by atoms with E-state index in [2.05, 4.69) is 4.74 Å². The van der Waals surface area contributed by atoms with Crippen LogP contribution in [-0.2, 0) is 4.79 Å². The van der Waals surface area contributed by atoms with E-state index >= 15 is 0 Å². The number of carbonyl (C=O) groups is 1. The van der Waals surface area contributed by atoms with E-state index in [1.807, 2.05) is 32.0 Å². The second-order valence-electron chi connectivity index (χ2n) is 9.28. The maximum atomic E-state index is 13.6. The number of alkyl halides is 2. The zero-order valence-corrected chi connectivity index (χ0v) is 21.0. The van der Waals surface area contributed by atoms with Gasteiger partial charge in [0, 0.05) is 11.0 Å². The van der Waals surface area contributed by atoms with Crippen LogP contribution in [0, 0.1) is 16.7 Å². The van der Waals surface area contributed by atoms with E-state index < -0.39 is 23.4 Å². The van der Waals surface area contributed by atoms with Gasteiger partial charge in [0.05, 0.1) is 10.2 Å². The van der Waals surface area contributed by atoms with Crippen molar-refractivity contribution in [3.05, 3.63) is 79.2 Å². The van der Waals surface area contributed by atoms with Gasteiger partial charge in [-0.25, -0.2) is 0 Å². The van der Waals surface area contributed by atoms with Gasteiger partial charge in [-0.2, -0.15) is 14.0 Å². The Morgan fingerprint density at radius 1 is 1.11 bits per heavy atom. The largest absolute Gasteiger partial charge is 0.434 e. The molecule has 0 N–H and O–H groups in total. The molecule has 0 bridgehead atoms. The Labute approximate surface area is 206 Å². The first kappa shape index (κ1) is 26.0. The van der Waals surface area contributed by atoms with Crippen LogP contribution in [-0.4, -0.2) is 17.0 Å². The van der Waals surface area contributed by atoms with Crippen LogP contribution >= 0.6 is 11.3 Å². The molecule has 3 rings (SSSR count). The Bertz CT molecular complexity index is 1450. The molecular formula is C27H26F2N2O3S. The summed E-state index contributed by atoms with van der Waals surface area (Å²) < 4.78 is 32.0. The van der Waals surface area contributed by atoms with Crippen LogP contribution in [0.4, 0.5) is 8.78 Å². The fourth-order valence-electron chi connectivity index (χ4n) is 3.41. The predicted molar refractivity (Wildman–Crippen MR) is 133 cm³/mol. The maximum absolute atomic E-state index is 13.6. The van der Waals surface area contributed by atoms with Crippen molar-refractivity contribution < 1.29 is 18.3 Å². The number of nitrogens with zero attached hydrogens (tertiary/aromatic N) is 2. The van der Waals surface area contributed by atoms with Crippen LogP contribution in [0.15, 0.2) is 53.3 Å². The molecule has 1 aromatic heterocycles. The summed E-state index contributed by atoms with van der Waals surface area (Å²) in [5.41, 5.74) is 0.392. The van der Waals surface area contributed by atoms with Gasteiger partial charge in [-0.05, 0) is 35.8 Å². The Kier molecular flexibility index (Phi) is 7.71. The van der Waals surface area contributed by atoms with Crippen molar-refractivity contribution >= 4 is 28.8 Å². The number of nitriles is 1. The molecule has 0 radical (unpaired) electrons. The third kappa shape index (κ3) is 5.75. The van der Waals surface area contributed by atoms with E-state index in [1.165, 1.54) is 16.7 Å². The van der Waals surface area contributed by atoms with Gasteiger partial charge in [0.15, 0.2) is 5.78 Å². The third-order valence-electron chi connectivity index (χ3n) is 5.30. The summed E-state index contributed by atoms with van der Waals surface area (Å²) in [6.07, 6.45) is 1.43. The molecule has 5 nitrogen and oxygen atoms in total. The summed E-state index contributed by atoms with van der Waals surface area (Å²) in [5, 5.41) is 9.90. The van der Waals surface area contributed by atoms with Gasteiger partial charge < -0.3 is 4.74 Å². The lowest BCUT2D eigenvalue weighted by Crippen LogP contribution is -2.33. The number of ketones is 1. The van der Waals surface area contributed by atoms with Crippen molar-refractivity contribution in [1.82, 2.24) is 4.57 Å². The predicted octanol–water partition coefficient (Wildman–Crippen LogP) is 4.74. The van der Waals surface area contributed by atoms with Crippen LogP contribution in [0.1, 0.15) is 51.7 Å². The van der Waals surface area contributed by atoms with E-state index in [0.717, 1.165) is 16.9 Å². The molecule has 0 aliphatic heterocycles. The Morgan fingerprint density at radius 2 is 1.74 bits per heavy atom. The Morgan fingerprint density at radius 3 is 2.29 bits per heavy atom. The van der Waals surface area contributed by atoms with Crippen LogP contribution in [0.2, 0.25) is 0 Å². The minimum Gasteiger partial charge on any atom is -0.434 e. The standard InChI is InChI=1S/C27H26F2N2O3S/c1-16(2)17-10-12-19(13-11-17)31-24(33)22(14-18-8-6-7-9-21(18)34-26(28)29)35-25(31)20(15-30)23(32)27(3,4)5/h6-14,16,26H,1-5H3/b22-14-,25-20+. The van der Waals surface area contributed by atoms with Crippen molar-refractivity contribution in [3.8, 4) is 17.5 Å². The van der Waals surface area contributed by atoms with Crippen molar-refractivity contribution in [2.75, 3.05) is 0 Å². The van der Waals surface area contributed by atoms with Crippen LogP contribution in [0.5, 0.6) is 5.75 Å². The third-order valence-corrected chi connectivity index (χ3v) is 6.39. The monoisotopic (exact) mass is 496 g/mol. The van der Waals surface area contributed by atoms with Crippen molar-refractivity contribution in [2.24, 2.45) is 5.41 Å². The lowest BCUT2D eigenvalue weighted by molar-refractivity contribution is -0.120. The van der Waals surface area contributed by atoms with Crippen LogP contribution < -0.4 is 19.5 Å². The van der Waals surface area contributed by atoms with E-state index in [1.54, 1.807) is 51.1 Å². The normalized spacial score (nSPS) is 13.2. The SMILES string of the molecule is CC(C)c1ccc(-n2c(=O)/c(=C/c3ccccc3OC(F)F)s/c2=C(\C#N)C(=O)C(C)(C)C)cc1. The summed E-state index contributed by atoms with van der Waals surface area (Å²) in [6, 6.07) is 15.4. The first-order valence-corrected chi connectivity index (χ1v) is 11.8. The summed E-state index contributed by atoms with van der Waals surface area (Å²) in [6.45, 7) is 6.17. The second-order valence-corrected chi connectivity index (χ2v) is 10.3. The van der Waals surface area contributed by atoms with Gasteiger partial charge in [-0.3, -0.25) is 14.2 Å². The fraction of sp³-hybridized carbons (Fsp3) is 0.296. The van der Waals surface area contributed by atoms with Crippen molar-refractivity contribution in [2.45, 2.75) is 47.1 Å². The number of benzene rings is 2. The number of halogens is 2. The number of Topliss-reactive ketones (excluding diaryl/α,β-unsaturated/α-hetero) is 1. The van der Waals surface area contributed by atoms with E-state index in [-0.39, 0.29) is 32.0 Å². The molecule has 8 heteroatoms. The number of carbonyl (C=O) groups excluding carboxylic acids is 1. The molecule has 1 heterocycles. The minimum atomic E-state index is -3.03. The average molecular weight is 497 g/mol. The molecule has 0 aliphatic carbocycles. The number of hydrogen-bond donors (Lipinski definition) is 0. The van der Waals surface area contributed by atoms with Gasteiger partial charge in [0.2, 0.25) is 0 Å². The summed E-state index contributed by atoms with van der Waals surface area (Å²) >= 11 is 0.962. The van der Waals surface area contributed by atoms with Gasteiger partial charge >= 0.3 is 6.61 Å². The highest BCUT2D eigenvalue weighted by Crippen LogP contribution is 2.22. The second kappa shape index (κ2) is 10.4. The molecule has 3 aromatic rings. The number of hydrogen-bond acceptors (Lipinski definition) is 5. The number of ether oxygens (including phenoxy) is 1. The van der Waals surface area contributed by atoms with Gasteiger partial charge in [0.1, 0.15) is 22.1 Å². The molecule has 182 valence electrons. The Balaban J connectivity index is 2.39. The van der Waals surface area contributed by atoms with Gasteiger partial charge in [-0.1, -0.05) is 65.0 Å². The molecule has 0 atom stereocenters. The van der Waals surface area contributed by atoms with Crippen LogP contribution in [0.25, 0.3) is 17.3 Å². The van der Waals surface area contributed by atoms with E-state index in [9.17, 15) is 23.6 Å².